The van der Waals surface area contributed by atoms with E-state index in [9.17, 15) is 0 Å². The number of hydrogen-bond donors (Lipinski definition) is 0. The predicted octanol–water partition coefficient (Wildman–Crippen LogP) is 10.9. The van der Waals surface area contributed by atoms with Crippen LogP contribution in [0.3, 0.4) is 0 Å². The van der Waals surface area contributed by atoms with E-state index in [1.807, 2.05) is 0 Å². The van der Waals surface area contributed by atoms with E-state index in [4.69, 9.17) is 11.0 Å². The average Bonchev–Trinajstić information content (AvgIpc) is 3.36. The number of hydrogen-bond acceptors (Lipinski definition) is 3. The van der Waals surface area contributed by atoms with Crippen molar-refractivity contribution in [1.29, 1.82) is 0 Å². The number of benzene rings is 4. The van der Waals surface area contributed by atoms with Crippen LogP contribution in [0.2, 0.25) is 0 Å². The van der Waals surface area contributed by atoms with Crippen LogP contribution < -0.4 is 14.3 Å². The Morgan fingerprint density at radius 1 is 0.587 bits per heavy atom. The second-order valence-corrected chi connectivity index (χ2v) is 17.1. The highest BCUT2D eigenvalue weighted by Crippen LogP contribution is 2.51. The molecule has 3 nitrogen and oxygen atoms in total. The SMILES string of the molecule is C=C1C=C(C)N(c2c(C(C)C)cccc2C(C)C)[Si]2(OC(c3ccccc3)c3ccccc32)N1c1c(C(C)C)cccc1C(C)C. The van der Waals surface area contributed by atoms with Crippen molar-refractivity contribution in [3.63, 3.8) is 0 Å². The fraction of sp³-hybridized carbons (Fsp3) is 0.333. The van der Waals surface area contributed by atoms with E-state index in [0.717, 1.165) is 5.70 Å². The summed E-state index contributed by atoms with van der Waals surface area (Å²) in [5.74, 6) is 1.32. The Balaban J connectivity index is 1.80. The standard InChI is InChI=1S/C42H50N2OSi/c1-27(2)34-21-16-22-35(28(3)4)40(34)43-31(9)26-32(10)44(41-36(29(5)6)23-17-24-37(41)30(7)8)46(43)39-25-15-14-20-38(39)42(45-46)33-18-12-11-13-19-33/h11-30,42H,9H2,1-8,10H3. The van der Waals surface area contributed by atoms with Crippen LogP contribution in [-0.4, -0.2) is 8.64 Å². The van der Waals surface area contributed by atoms with Crippen molar-refractivity contribution in [2.24, 2.45) is 0 Å². The molecule has 0 bridgehead atoms. The van der Waals surface area contributed by atoms with Crippen LogP contribution >= 0.6 is 0 Å². The van der Waals surface area contributed by atoms with Gasteiger partial charge < -0.3 is 13.6 Å². The lowest BCUT2D eigenvalue weighted by Gasteiger charge is -2.53. The number of fused-ring (bicyclic) bond motifs is 2. The highest BCUT2D eigenvalue weighted by molar-refractivity contribution is 6.95. The second-order valence-electron chi connectivity index (χ2n) is 14.2. The van der Waals surface area contributed by atoms with E-state index in [1.165, 1.54) is 55.6 Å². The average molecular weight is 627 g/mol. The van der Waals surface area contributed by atoms with Crippen LogP contribution in [0, 0.1) is 0 Å². The van der Waals surface area contributed by atoms with Crippen molar-refractivity contribution in [3.8, 4) is 0 Å². The monoisotopic (exact) mass is 626 g/mol. The topological polar surface area (TPSA) is 15.7 Å². The molecule has 2 atom stereocenters. The molecular weight excluding hydrogens is 577 g/mol. The van der Waals surface area contributed by atoms with Crippen LogP contribution in [0.5, 0.6) is 0 Å². The minimum atomic E-state index is -3.36. The third-order valence-electron chi connectivity index (χ3n) is 9.73. The molecule has 4 heteroatoms. The molecule has 2 heterocycles. The summed E-state index contributed by atoms with van der Waals surface area (Å²) < 4.78 is 13.2. The Morgan fingerprint density at radius 2 is 1.04 bits per heavy atom. The molecule has 0 saturated carbocycles. The van der Waals surface area contributed by atoms with Gasteiger partial charge in [0.25, 0.3) is 0 Å². The first-order valence-corrected chi connectivity index (χ1v) is 18.8. The molecular formula is C42H50N2OSi. The molecule has 0 aromatic heterocycles. The number of para-hydroxylation sites is 2. The van der Waals surface area contributed by atoms with Gasteiger partial charge >= 0.3 is 8.64 Å². The van der Waals surface area contributed by atoms with Crippen LogP contribution in [0.4, 0.5) is 11.4 Å². The first kappa shape index (κ1) is 32.1. The molecule has 1 spiro atoms. The van der Waals surface area contributed by atoms with E-state index in [2.05, 4.69) is 169 Å². The van der Waals surface area contributed by atoms with Gasteiger partial charge in [0.05, 0.1) is 6.10 Å². The Kier molecular flexibility index (Phi) is 8.64. The van der Waals surface area contributed by atoms with Crippen molar-refractivity contribution in [3.05, 3.63) is 148 Å². The fourth-order valence-corrected chi connectivity index (χ4v) is 12.2. The number of allylic oxidation sites excluding steroid dienone is 2. The van der Waals surface area contributed by atoms with E-state index >= 15 is 0 Å². The minimum Gasteiger partial charge on any atom is -0.368 e. The Hall–Kier alpha value is -3.86. The van der Waals surface area contributed by atoms with Gasteiger partial charge in [0, 0.05) is 28.0 Å². The molecule has 0 radical (unpaired) electrons. The molecule has 2 aliphatic heterocycles. The van der Waals surface area contributed by atoms with E-state index in [1.54, 1.807) is 0 Å². The van der Waals surface area contributed by atoms with E-state index < -0.39 is 8.64 Å². The van der Waals surface area contributed by atoms with Crippen LogP contribution in [0.15, 0.2) is 115 Å². The van der Waals surface area contributed by atoms with Crippen molar-refractivity contribution in [2.45, 2.75) is 92.1 Å². The van der Waals surface area contributed by atoms with Crippen molar-refractivity contribution < 1.29 is 4.43 Å². The molecule has 0 N–H and O–H groups in total. The van der Waals surface area contributed by atoms with Gasteiger partial charge in [-0.2, -0.15) is 0 Å². The normalized spacial score (nSPS) is 19.6. The molecule has 0 aliphatic carbocycles. The molecule has 0 saturated heterocycles. The minimum absolute atomic E-state index is 0.199. The highest BCUT2D eigenvalue weighted by atomic mass is 28.4. The molecule has 4 aromatic rings. The lowest BCUT2D eigenvalue weighted by molar-refractivity contribution is 0.251. The number of anilines is 2. The third-order valence-corrected chi connectivity index (χ3v) is 13.8. The van der Waals surface area contributed by atoms with Crippen LogP contribution in [-0.2, 0) is 4.43 Å². The largest absolute Gasteiger partial charge is 0.464 e. The molecule has 238 valence electrons. The molecule has 6 rings (SSSR count). The van der Waals surface area contributed by atoms with Gasteiger partial charge in [-0.25, -0.2) is 0 Å². The lowest BCUT2D eigenvalue weighted by Crippen LogP contribution is -2.75. The Morgan fingerprint density at radius 3 is 1.54 bits per heavy atom. The Bertz CT molecular complexity index is 1730. The van der Waals surface area contributed by atoms with Gasteiger partial charge in [0.1, 0.15) is 0 Å². The first-order chi connectivity index (χ1) is 22.0. The second kappa shape index (κ2) is 12.4. The fourth-order valence-electron chi connectivity index (χ4n) is 7.60. The zero-order valence-corrected chi connectivity index (χ0v) is 30.1. The number of rotatable bonds is 7. The van der Waals surface area contributed by atoms with Gasteiger partial charge in [-0.1, -0.05) is 153 Å². The van der Waals surface area contributed by atoms with Crippen LogP contribution in [0.1, 0.15) is 125 Å². The predicted molar refractivity (Wildman–Crippen MR) is 198 cm³/mol. The maximum atomic E-state index is 7.95. The van der Waals surface area contributed by atoms with E-state index in [-0.39, 0.29) is 6.10 Å². The van der Waals surface area contributed by atoms with E-state index in [0.29, 0.717) is 23.7 Å². The van der Waals surface area contributed by atoms with Gasteiger partial charge in [-0.15, -0.1) is 0 Å². The number of nitrogens with zero attached hydrogens (tertiary/aromatic N) is 2. The molecule has 46 heavy (non-hydrogen) atoms. The van der Waals surface area contributed by atoms with Gasteiger partial charge in [0.15, 0.2) is 0 Å². The molecule has 2 unspecified atom stereocenters. The van der Waals surface area contributed by atoms with Crippen molar-refractivity contribution in [2.75, 3.05) is 9.13 Å². The summed E-state index contributed by atoms with van der Waals surface area (Å²) in [7, 11) is -3.36. The zero-order valence-electron chi connectivity index (χ0n) is 29.1. The molecule has 4 aromatic carbocycles. The zero-order chi connectivity index (χ0) is 32.9. The maximum absolute atomic E-state index is 7.95. The van der Waals surface area contributed by atoms with Crippen molar-refractivity contribution in [1.82, 2.24) is 0 Å². The summed E-state index contributed by atoms with van der Waals surface area (Å²) in [6, 6.07) is 33.5. The lowest BCUT2D eigenvalue weighted by atomic mass is 9.92. The Labute approximate surface area is 278 Å². The first-order valence-electron chi connectivity index (χ1n) is 17.0. The smallest absolute Gasteiger partial charge is 0.368 e. The third kappa shape index (κ3) is 5.07. The van der Waals surface area contributed by atoms with Crippen LogP contribution in [0.25, 0.3) is 0 Å². The maximum Gasteiger partial charge on any atom is 0.464 e. The summed E-state index contributed by atoms with van der Waals surface area (Å²) in [5, 5.41) is 1.29. The van der Waals surface area contributed by atoms with Gasteiger partial charge in [-0.3, -0.25) is 0 Å². The molecule has 0 fully saturated rings. The van der Waals surface area contributed by atoms with Crippen molar-refractivity contribution >= 4 is 25.2 Å². The highest BCUT2D eigenvalue weighted by Gasteiger charge is 2.63. The summed E-state index contributed by atoms with van der Waals surface area (Å²) in [6.07, 6.45) is 2.10. The van der Waals surface area contributed by atoms with Gasteiger partial charge in [0.2, 0.25) is 0 Å². The molecule has 2 aliphatic rings. The summed E-state index contributed by atoms with van der Waals surface area (Å²) >= 11 is 0. The molecule has 0 amide bonds. The summed E-state index contributed by atoms with van der Waals surface area (Å²) in [5.41, 5.74) is 12.5. The summed E-state index contributed by atoms with van der Waals surface area (Å²) in [6.45, 7) is 25.6. The quantitative estimate of drug-likeness (QED) is 0.190. The van der Waals surface area contributed by atoms with Gasteiger partial charge in [-0.05, 0) is 70.1 Å². The summed E-state index contributed by atoms with van der Waals surface area (Å²) in [4.78, 5) is 0.